The van der Waals surface area contributed by atoms with Crippen molar-refractivity contribution >= 4 is 11.9 Å². The summed E-state index contributed by atoms with van der Waals surface area (Å²) in [5.41, 5.74) is -0.386. The van der Waals surface area contributed by atoms with E-state index in [1.54, 1.807) is 7.05 Å². The molecule has 1 aromatic carbocycles. The molecule has 2 N–H and O–H groups in total. The van der Waals surface area contributed by atoms with Crippen molar-refractivity contribution in [3.8, 4) is 11.3 Å². The van der Waals surface area contributed by atoms with E-state index in [0.717, 1.165) is 12.1 Å². The van der Waals surface area contributed by atoms with Gasteiger partial charge < -0.3 is 0 Å². The maximum Gasteiger partial charge on any atom is 0.261 e. The van der Waals surface area contributed by atoms with Crippen LogP contribution in [0.4, 0.5) is 14.7 Å². The van der Waals surface area contributed by atoms with Crippen LogP contribution < -0.4 is 5.32 Å². The summed E-state index contributed by atoms with van der Waals surface area (Å²) >= 11 is 0. The van der Waals surface area contributed by atoms with Gasteiger partial charge in [-0.2, -0.15) is 15.2 Å². The standard InChI is InChI=1S/C16H16F2N6O/c1-8(2)14-20-16(24(3)23-14)21-15(25)9-7-19-22-13(9)12-10(17)5-4-6-11(12)18/h4-8H,1-3H3,(H,19,22)(H,20,21,23,25). The van der Waals surface area contributed by atoms with Gasteiger partial charge in [-0.1, -0.05) is 19.9 Å². The molecule has 130 valence electrons. The first-order chi connectivity index (χ1) is 11.9. The molecular formula is C16H16F2N6O. The summed E-state index contributed by atoms with van der Waals surface area (Å²) in [4.78, 5) is 16.8. The fourth-order valence-electron chi connectivity index (χ4n) is 2.31. The lowest BCUT2D eigenvalue weighted by molar-refractivity contribution is 0.102. The number of anilines is 1. The zero-order chi connectivity index (χ0) is 18.1. The highest BCUT2D eigenvalue weighted by atomic mass is 19.1. The molecule has 2 heterocycles. The first-order valence-electron chi connectivity index (χ1n) is 7.58. The van der Waals surface area contributed by atoms with E-state index in [1.807, 2.05) is 13.8 Å². The molecule has 0 bridgehead atoms. The number of aromatic amines is 1. The zero-order valence-electron chi connectivity index (χ0n) is 13.8. The molecule has 7 nitrogen and oxygen atoms in total. The Morgan fingerprint density at radius 3 is 2.56 bits per heavy atom. The van der Waals surface area contributed by atoms with E-state index in [-0.39, 0.29) is 28.7 Å². The van der Waals surface area contributed by atoms with E-state index in [0.29, 0.717) is 5.82 Å². The molecule has 3 aromatic rings. The number of hydrogen-bond acceptors (Lipinski definition) is 4. The van der Waals surface area contributed by atoms with Crippen molar-refractivity contribution in [2.75, 3.05) is 5.32 Å². The number of H-pyrrole nitrogens is 1. The van der Waals surface area contributed by atoms with E-state index < -0.39 is 17.5 Å². The third kappa shape index (κ3) is 3.12. The summed E-state index contributed by atoms with van der Waals surface area (Å²) < 4.78 is 29.4. The van der Waals surface area contributed by atoms with E-state index >= 15 is 0 Å². The molecule has 0 fully saturated rings. The minimum Gasteiger partial charge on any atom is -0.290 e. The molecule has 1 amide bonds. The number of aromatic nitrogens is 5. The lowest BCUT2D eigenvalue weighted by Crippen LogP contribution is -2.16. The van der Waals surface area contributed by atoms with Crippen molar-refractivity contribution in [1.82, 2.24) is 25.0 Å². The van der Waals surface area contributed by atoms with Crippen molar-refractivity contribution in [3.63, 3.8) is 0 Å². The quantitative estimate of drug-likeness (QED) is 0.760. The number of carbonyl (C=O) groups excluding carboxylic acids is 1. The van der Waals surface area contributed by atoms with Crippen LogP contribution in [0.2, 0.25) is 0 Å². The number of aryl methyl sites for hydroxylation is 1. The topological polar surface area (TPSA) is 88.5 Å². The fourth-order valence-corrected chi connectivity index (χ4v) is 2.31. The van der Waals surface area contributed by atoms with Crippen LogP contribution >= 0.6 is 0 Å². The van der Waals surface area contributed by atoms with Crippen LogP contribution in [-0.2, 0) is 7.05 Å². The first-order valence-corrected chi connectivity index (χ1v) is 7.58. The Labute approximate surface area is 142 Å². The van der Waals surface area contributed by atoms with Crippen LogP contribution in [-0.4, -0.2) is 30.9 Å². The fraction of sp³-hybridized carbons (Fsp3) is 0.250. The first kappa shape index (κ1) is 16.7. The average Bonchev–Trinajstić information content (AvgIpc) is 3.15. The van der Waals surface area contributed by atoms with E-state index in [2.05, 4.69) is 25.6 Å². The van der Waals surface area contributed by atoms with Crippen LogP contribution in [0.25, 0.3) is 11.3 Å². The molecular weight excluding hydrogens is 330 g/mol. The summed E-state index contributed by atoms with van der Waals surface area (Å²) in [5, 5.41) is 13.0. The van der Waals surface area contributed by atoms with Gasteiger partial charge in [-0.3, -0.25) is 15.2 Å². The number of benzene rings is 1. The molecule has 0 radical (unpaired) electrons. The third-order valence-electron chi connectivity index (χ3n) is 3.62. The van der Waals surface area contributed by atoms with Crippen LogP contribution in [0, 0.1) is 11.6 Å². The molecule has 0 aliphatic rings. The molecule has 0 saturated carbocycles. The Bertz CT molecular complexity index is 910. The second-order valence-corrected chi connectivity index (χ2v) is 5.78. The number of amides is 1. The lowest BCUT2D eigenvalue weighted by Gasteiger charge is -2.06. The molecule has 0 spiro atoms. The van der Waals surface area contributed by atoms with Crippen LogP contribution in [0.3, 0.4) is 0 Å². The Hall–Kier alpha value is -3.10. The number of carbonyl (C=O) groups is 1. The van der Waals surface area contributed by atoms with Crippen LogP contribution in [0.1, 0.15) is 35.9 Å². The molecule has 0 atom stereocenters. The van der Waals surface area contributed by atoms with E-state index in [9.17, 15) is 13.6 Å². The number of hydrogen-bond donors (Lipinski definition) is 2. The Morgan fingerprint density at radius 1 is 1.28 bits per heavy atom. The van der Waals surface area contributed by atoms with Gasteiger partial charge in [0.05, 0.1) is 23.0 Å². The summed E-state index contributed by atoms with van der Waals surface area (Å²) in [6.07, 6.45) is 1.20. The molecule has 0 saturated heterocycles. The van der Waals surface area contributed by atoms with E-state index in [1.165, 1.54) is 16.9 Å². The summed E-state index contributed by atoms with van der Waals surface area (Å²) in [7, 11) is 1.64. The minimum absolute atomic E-state index is 0.00176. The van der Waals surface area contributed by atoms with Gasteiger partial charge in [0, 0.05) is 13.0 Å². The van der Waals surface area contributed by atoms with Gasteiger partial charge in [-0.25, -0.2) is 13.5 Å². The zero-order valence-corrected chi connectivity index (χ0v) is 13.8. The maximum atomic E-state index is 14.0. The smallest absolute Gasteiger partial charge is 0.261 e. The summed E-state index contributed by atoms with van der Waals surface area (Å²) in [5.74, 6) is -1.29. The van der Waals surface area contributed by atoms with Gasteiger partial charge in [-0.05, 0) is 12.1 Å². The SMILES string of the molecule is CC(C)c1nc(NC(=O)c2cn[nH]c2-c2c(F)cccc2F)n(C)n1. The highest BCUT2D eigenvalue weighted by Gasteiger charge is 2.22. The van der Waals surface area contributed by atoms with Crippen molar-refractivity contribution in [2.24, 2.45) is 7.05 Å². The van der Waals surface area contributed by atoms with Gasteiger partial charge >= 0.3 is 0 Å². The molecule has 9 heteroatoms. The summed E-state index contributed by atoms with van der Waals surface area (Å²) in [6, 6.07) is 3.47. The predicted molar refractivity (Wildman–Crippen MR) is 87.0 cm³/mol. The number of halogens is 2. The largest absolute Gasteiger partial charge is 0.290 e. The van der Waals surface area contributed by atoms with Crippen LogP contribution in [0.15, 0.2) is 24.4 Å². The molecule has 3 rings (SSSR count). The number of nitrogens with zero attached hydrogens (tertiary/aromatic N) is 4. The Balaban J connectivity index is 1.94. The van der Waals surface area contributed by atoms with Crippen molar-refractivity contribution in [1.29, 1.82) is 0 Å². The Morgan fingerprint density at radius 2 is 1.96 bits per heavy atom. The van der Waals surface area contributed by atoms with Crippen LogP contribution in [0.5, 0.6) is 0 Å². The highest BCUT2D eigenvalue weighted by Crippen LogP contribution is 2.27. The van der Waals surface area contributed by atoms with E-state index in [4.69, 9.17) is 0 Å². The van der Waals surface area contributed by atoms with Gasteiger partial charge in [0.1, 0.15) is 11.6 Å². The van der Waals surface area contributed by atoms with Crippen molar-refractivity contribution < 1.29 is 13.6 Å². The molecule has 0 unspecified atom stereocenters. The van der Waals surface area contributed by atoms with Crippen molar-refractivity contribution in [3.05, 3.63) is 47.4 Å². The third-order valence-corrected chi connectivity index (χ3v) is 3.62. The second-order valence-electron chi connectivity index (χ2n) is 5.78. The molecule has 0 aliphatic heterocycles. The minimum atomic E-state index is -0.793. The van der Waals surface area contributed by atoms with Gasteiger partial charge in [0.2, 0.25) is 5.95 Å². The monoisotopic (exact) mass is 346 g/mol. The van der Waals surface area contributed by atoms with Gasteiger partial charge in [0.15, 0.2) is 5.82 Å². The normalized spacial score (nSPS) is 11.1. The molecule has 25 heavy (non-hydrogen) atoms. The Kier molecular flexibility index (Phi) is 4.30. The lowest BCUT2D eigenvalue weighted by atomic mass is 10.1. The molecule has 0 aliphatic carbocycles. The number of rotatable bonds is 4. The maximum absolute atomic E-state index is 14.0. The van der Waals surface area contributed by atoms with Gasteiger partial charge in [-0.15, -0.1) is 0 Å². The van der Waals surface area contributed by atoms with Gasteiger partial charge in [0.25, 0.3) is 5.91 Å². The highest BCUT2D eigenvalue weighted by molar-refractivity contribution is 6.07. The second kappa shape index (κ2) is 6.42. The average molecular weight is 346 g/mol. The number of nitrogens with one attached hydrogen (secondary N) is 2. The predicted octanol–water partition coefficient (Wildman–Crippen LogP) is 2.86. The summed E-state index contributed by atoms with van der Waals surface area (Å²) in [6.45, 7) is 3.85. The van der Waals surface area contributed by atoms with Crippen molar-refractivity contribution in [2.45, 2.75) is 19.8 Å². The molecule has 2 aromatic heterocycles.